The van der Waals surface area contributed by atoms with Gasteiger partial charge in [-0.1, -0.05) is 15.9 Å². The van der Waals surface area contributed by atoms with Crippen molar-refractivity contribution in [2.75, 3.05) is 6.61 Å². The summed E-state index contributed by atoms with van der Waals surface area (Å²) >= 11 is 3.41. The van der Waals surface area contributed by atoms with Gasteiger partial charge in [-0.25, -0.2) is 9.59 Å². The largest absolute Gasteiger partial charge is 0.460 e. The number of pyridine rings is 1. The number of esters is 2. The van der Waals surface area contributed by atoms with Gasteiger partial charge in [-0.2, -0.15) is 0 Å². The van der Waals surface area contributed by atoms with Crippen molar-refractivity contribution in [2.45, 2.75) is 20.5 Å². The van der Waals surface area contributed by atoms with Gasteiger partial charge in [0.05, 0.1) is 17.7 Å². The molecule has 4 aromatic rings. The van der Waals surface area contributed by atoms with E-state index in [1.165, 1.54) is 0 Å². The number of furan rings is 1. The van der Waals surface area contributed by atoms with Crippen molar-refractivity contribution >= 4 is 44.5 Å². The zero-order valence-corrected chi connectivity index (χ0v) is 17.2. The molecule has 0 aliphatic carbocycles. The van der Waals surface area contributed by atoms with E-state index < -0.39 is 11.9 Å². The lowest BCUT2D eigenvalue weighted by Gasteiger charge is -2.06. The molecule has 0 saturated heterocycles. The fourth-order valence-corrected chi connectivity index (χ4v) is 3.33. The first-order chi connectivity index (χ1) is 14.0. The van der Waals surface area contributed by atoms with Crippen molar-refractivity contribution in [1.29, 1.82) is 0 Å². The van der Waals surface area contributed by atoms with Crippen molar-refractivity contribution in [3.8, 4) is 0 Å². The van der Waals surface area contributed by atoms with Crippen LogP contribution in [0.1, 0.15) is 39.2 Å². The standard InChI is InChI=1S/C20H16BrN3O5/c1-3-27-20(26)18-15(14-8-13(21)5-6-16(14)29-18)10-28-19(25)12-4-7-17-23-22-11(2)24(17)9-12/h4-9H,3,10H2,1-2H3. The number of fused-ring (bicyclic) bond motifs is 2. The number of nitrogens with zero attached hydrogens (tertiary/aromatic N) is 3. The maximum absolute atomic E-state index is 12.6. The van der Waals surface area contributed by atoms with Gasteiger partial charge in [0.25, 0.3) is 0 Å². The van der Waals surface area contributed by atoms with E-state index in [9.17, 15) is 9.59 Å². The first kappa shape index (κ1) is 19.1. The lowest BCUT2D eigenvalue weighted by molar-refractivity contribution is 0.0435. The second kappa shape index (κ2) is 7.67. The molecule has 3 aromatic heterocycles. The Morgan fingerprint density at radius 2 is 1.97 bits per heavy atom. The maximum Gasteiger partial charge on any atom is 0.374 e. The van der Waals surface area contributed by atoms with Crippen molar-refractivity contribution in [2.24, 2.45) is 0 Å². The summed E-state index contributed by atoms with van der Waals surface area (Å²) in [5.74, 6) is -0.464. The molecule has 8 nitrogen and oxygen atoms in total. The summed E-state index contributed by atoms with van der Waals surface area (Å²) in [5, 5.41) is 8.62. The second-order valence-electron chi connectivity index (χ2n) is 6.24. The SMILES string of the molecule is CCOC(=O)c1oc2ccc(Br)cc2c1COC(=O)c1ccc2nnc(C)n2c1. The van der Waals surface area contributed by atoms with Crippen LogP contribution in [0.2, 0.25) is 0 Å². The monoisotopic (exact) mass is 457 g/mol. The van der Waals surface area contributed by atoms with Crippen LogP contribution in [0.3, 0.4) is 0 Å². The van der Waals surface area contributed by atoms with Crippen LogP contribution in [-0.4, -0.2) is 33.1 Å². The quantitative estimate of drug-likeness (QED) is 0.416. The molecule has 0 spiro atoms. The fraction of sp³-hybridized carbons (Fsp3) is 0.200. The van der Waals surface area contributed by atoms with Gasteiger partial charge in [0, 0.05) is 16.1 Å². The number of aryl methyl sites for hydroxylation is 1. The number of halogens is 1. The molecule has 0 atom stereocenters. The summed E-state index contributed by atoms with van der Waals surface area (Å²) in [5.41, 5.74) is 1.93. The second-order valence-corrected chi connectivity index (χ2v) is 7.16. The average molecular weight is 458 g/mol. The van der Waals surface area contributed by atoms with Crippen molar-refractivity contribution in [3.63, 3.8) is 0 Å². The number of carbonyl (C=O) groups is 2. The van der Waals surface area contributed by atoms with Gasteiger partial charge < -0.3 is 13.9 Å². The molecule has 0 unspecified atom stereocenters. The first-order valence-electron chi connectivity index (χ1n) is 8.84. The lowest BCUT2D eigenvalue weighted by Crippen LogP contribution is -2.10. The van der Waals surface area contributed by atoms with Crippen LogP contribution in [0.5, 0.6) is 0 Å². The number of ether oxygens (including phenoxy) is 2. The molecule has 9 heteroatoms. The molecule has 148 valence electrons. The normalized spacial score (nSPS) is 11.1. The minimum Gasteiger partial charge on any atom is -0.460 e. The molecule has 4 rings (SSSR count). The Bertz CT molecular complexity index is 1240. The zero-order chi connectivity index (χ0) is 20.5. The molecular formula is C20H16BrN3O5. The smallest absolute Gasteiger partial charge is 0.374 e. The highest BCUT2D eigenvalue weighted by Gasteiger charge is 2.23. The fourth-order valence-electron chi connectivity index (χ4n) is 2.97. The molecule has 0 saturated carbocycles. The van der Waals surface area contributed by atoms with E-state index in [2.05, 4.69) is 26.1 Å². The third-order valence-corrected chi connectivity index (χ3v) is 4.86. The van der Waals surface area contributed by atoms with Crippen molar-refractivity contribution in [3.05, 3.63) is 63.7 Å². The Morgan fingerprint density at radius 1 is 1.14 bits per heavy atom. The number of aromatic nitrogens is 3. The molecule has 0 amide bonds. The number of hydrogen-bond acceptors (Lipinski definition) is 7. The Kier molecular flexibility index (Phi) is 5.06. The summed E-state index contributed by atoms with van der Waals surface area (Å²) in [6, 6.07) is 8.63. The molecule has 1 aromatic carbocycles. The van der Waals surface area contributed by atoms with Crippen LogP contribution in [0.15, 0.2) is 45.4 Å². The molecule has 3 heterocycles. The van der Waals surface area contributed by atoms with Crippen molar-refractivity contribution in [1.82, 2.24) is 14.6 Å². The van der Waals surface area contributed by atoms with E-state index in [0.717, 1.165) is 4.47 Å². The molecule has 0 aliphatic rings. The van der Waals surface area contributed by atoms with Crippen LogP contribution < -0.4 is 0 Å². The molecule has 0 radical (unpaired) electrons. The molecule has 0 aliphatic heterocycles. The van der Waals surface area contributed by atoms with Crippen LogP contribution in [0.4, 0.5) is 0 Å². The third kappa shape index (κ3) is 3.61. The minimum atomic E-state index is -0.604. The van der Waals surface area contributed by atoms with E-state index in [0.29, 0.717) is 33.6 Å². The van der Waals surface area contributed by atoms with Crippen LogP contribution in [0.25, 0.3) is 16.6 Å². The summed E-state index contributed by atoms with van der Waals surface area (Å²) in [4.78, 5) is 24.9. The number of carbonyl (C=O) groups excluding carboxylic acids is 2. The Morgan fingerprint density at radius 3 is 2.76 bits per heavy atom. The van der Waals surface area contributed by atoms with Crippen LogP contribution >= 0.6 is 15.9 Å². The highest BCUT2D eigenvalue weighted by molar-refractivity contribution is 9.10. The minimum absolute atomic E-state index is 0.0258. The van der Waals surface area contributed by atoms with Gasteiger partial charge in [-0.05, 0) is 44.2 Å². The van der Waals surface area contributed by atoms with E-state index in [-0.39, 0.29) is 19.0 Å². The van der Waals surface area contributed by atoms with Gasteiger partial charge in [0.2, 0.25) is 5.76 Å². The molecule has 0 fully saturated rings. The number of hydrogen-bond donors (Lipinski definition) is 0. The summed E-state index contributed by atoms with van der Waals surface area (Å²) in [7, 11) is 0. The van der Waals surface area contributed by atoms with Gasteiger partial charge in [0.15, 0.2) is 5.65 Å². The Balaban J connectivity index is 1.64. The Labute approximate surface area is 173 Å². The number of rotatable bonds is 5. The Hall–Kier alpha value is -3.20. The predicted molar refractivity (Wildman–Crippen MR) is 107 cm³/mol. The van der Waals surface area contributed by atoms with Crippen LogP contribution in [0, 0.1) is 6.92 Å². The summed E-state index contributed by atoms with van der Waals surface area (Å²) in [6.07, 6.45) is 1.61. The zero-order valence-electron chi connectivity index (χ0n) is 15.6. The van der Waals surface area contributed by atoms with Gasteiger partial charge in [-0.3, -0.25) is 4.40 Å². The average Bonchev–Trinajstić information content (AvgIpc) is 3.26. The predicted octanol–water partition coefficient (Wildman–Crippen LogP) is 4.08. The molecule has 0 N–H and O–H groups in total. The van der Waals surface area contributed by atoms with E-state index in [4.69, 9.17) is 13.9 Å². The molecular weight excluding hydrogens is 442 g/mol. The van der Waals surface area contributed by atoms with E-state index >= 15 is 0 Å². The van der Waals surface area contributed by atoms with Gasteiger partial charge in [-0.15, -0.1) is 10.2 Å². The lowest BCUT2D eigenvalue weighted by atomic mass is 10.1. The van der Waals surface area contributed by atoms with E-state index in [1.54, 1.807) is 54.8 Å². The van der Waals surface area contributed by atoms with Gasteiger partial charge in [0.1, 0.15) is 18.0 Å². The van der Waals surface area contributed by atoms with Gasteiger partial charge >= 0.3 is 11.9 Å². The third-order valence-electron chi connectivity index (χ3n) is 4.37. The van der Waals surface area contributed by atoms with Crippen molar-refractivity contribution < 1.29 is 23.5 Å². The highest BCUT2D eigenvalue weighted by Crippen LogP contribution is 2.30. The molecule has 29 heavy (non-hydrogen) atoms. The summed E-state index contributed by atoms with van der Waals surface area (Å²) < 4.78 is 18.7. The number of benzene rings is 1. The first-order valence-corrected chi connectivity index (χ1v) is 9.63. The molecule has 0 bridgehead atoms. The van der Waals surface area contributed by atoms with Crippen LogP contribution in [-0.2, 0) is 16.1 Å². The summed E-state index contributed by atoms with van der Waals surface area (Å²) in [6.45, 7) is 3.56. The topological polar surface area (TPSA) is 95.9 Å². The van der Waals surface area contributed by atoms with E-state index in [1.807, 2.05) is 0 Å². The maximum atomic E-state index is 12.6. The highest BCUT2D eigenvalue weighted by atomic mass is 79.9.